The third-order valence-electron chi connectivity index (χ3n) is 5.52. The maximum Gasteiger partial charge on any atom is 0.307 e. The van der Waals surface area contributed by atoms with Crippen LogP contribution in [0.1, 0.15) is 55.3 Å². The van der Waals surface area contributed by atoms with Crippen LogP contribution < -0.4 is 4.74 Å². The van der Waals surface area contributed by atoms with E-state index in [9.17, 15) is 9.90 Å². The number of aliphatic carboxylic acids is 1. The van der Waals surface area contributed by atoms with Crippen molar-refractivity contribution >= 4 is 5.97 Å². The first-order valence-electron chi connectivity index (χ1n) is 9.71. The molecule has 3 rings (SSSR count). The van der Waals surface area contributed by atoms with E-state index in [-0.39, 0.29) is 12.0 Å². The number of hydrogen-bond acceptors (Lipinski definition) is 3. The number of methoxy groups -OCH3 is 1. The maximum absolute atomic E-state index is 11.6. The lowest BCUT2D eigenvalue weighted by Gasteiger charge is -2.38. The normalized spacial score (nSPS) is 19.0. The quantitative estimate of drug-likeness (QED) is 0.804. The number of para-hydroxylation sites is 1. The molecule has 2 unspecified atom stereocenters. The van der Waals surface area contributed by atoms with Crippen molar-refractivity contribution < 1.29 is 14.6 Å². The second-order valence-corrected chi connectivity index (χ2v) is 7.64. The Balaban J connectivity index is 2.02. The summed E-state index contributed by atoms with van der Waals surface area (Å²) in [6, 6.07) is 16.8. The number of carboxylic acids is 1. The van der Waals surface area contributed by atoms with Crippen LogP contribution in [-0.2, 0) is 4.79 Å². The van der Waals surface area contributed by atoms with Gasteiger partial charge in [-0.15, -0.1) is 0 Å². The highest BCUT2D eigenvalue weighted by atomic mass is 16.5. The second kappa shape index (κ2) is 8.57. The fourth-order valence-electron chi connectivity index (χ4n) is 3.99. The van der Waals surface area contributed by atoms with Gasteiger partial charge < -0.3 is 9.84 Å². The molecule has 1 heterocycles. The van der Waals surface area contributed by atoms with Crippen LogP contribution in [0, 0.1) is 5.92 Å². The summed E-state index contributed by atoms with van der Waals surface area (Å²) in [6.07, 6.45) is 1.64. The van der Waals surface area contributed by atoms with Crippen LogP contribution in [0.15, 0.2) is 48.5 Å². The van der Waals surface area contributed by atoms with Gasteiger partial charge in [0.25, 0.3) is 0 Å². The van der Waals surface area contributed by atoms with Gasteiger partial charge in [-0.25, -0.2) is 0 Å². The summed E-state index contributed by atoms with van der Waals surface area (Å²) in [7, 11) is 1.69. The molecule has 1 aliphatic rings. The van der Waals surface area contributed by atoms with Crippen molar-refractivity contribution in [2.24, 2.45) is 5.92 Å². The van der Waals surface area contributed by atoms with Gasteiger partial charge in [0.2, 0.25) is 0 Å². The van der Waals surface area contributed by atoms with E-state index in [1.165, 1.54) is 11.1 Å². The number of carbonyl (C=O) groups is 1. The lowest BCUT2D eigenvalue weighted by atomic mass is 9.90. The molecular formula is C23H29NO3. The highest BCUT2D eigenvalue weighted by Crippen LogP contribution is 2.37. The number of carboxylic acid groups (broad SMARTS) is 1. The fourth-order valence-corrected chi connectivity index (χ4v) is 3.99. The zero-order chi connectivity index (χ0) is 19.4. The topological polar surface area (TPSA) is 49.8 Å². The van der Waals surface area contributed by atoms with Gasteiger partial charge >= 0.3 is 5.97 Å². The first-order valence-corrected chi connectivity index (χ1v) is 9.71. The molecule has 2 atom stereocenters. The lowest BCUT2D eigenvalue weighted by molar-refractivity contribution is -0.143. The summed E-state index contributed by atoms with van der Waals surface area (Å²) in [4.78, 5) is 13.9. The largest absolute Gasteiger partial charge is 0.496 e. The number of hydrogen-bond donors (Lipinski definition) is 1. The van der Waals surface area contributed by atoms with Crippen molar-refractivity contribution in [3.05, 3.63) is 65.2 Å². The van der Waals surface area contributed by atoms with E-state index in [4.69, 9.17) is 4.74 Å². The zero-order valence-electron chi connectivity index (χ0n) is 16.4. The maximum atomic E-state index is 11.6. The highest BCUT2D eigenvalue weighted by molar-refractivity contribution is 5.70. The van der Waals surface area contributed by atoms with E-state index in [1.807, 2.05) is 18.2 Å². The minimum Gasteiger partial charge on any atom is -0.496 e. The van der Waals surface area contributed by atoms with Gasteiger partial charge in [-0.2, -0.15) is 0 Å². The average Bonchev–Trinajstić information content (AvgIpc) is 2.69. The Labute approximate surface area is 161 Å². The molecule has 2 aromatic carbocycles. The summed E-state index contributed by atoms with van der Waals surface area (Å²) >= 11 is 0. The Morgan fingerprint density at radius 1 is 1.11 bits per heavy atom. The summed E-state index contributed by atoms with van der Waals surface area (Å²) < 4.78 is 5.63. The van der Waals surface area contributed by atoms with Crippen LogP contribution in [0.25, 0.3) is 0 Å². The minimum atomic E-state index is -0.700. The molecule has 27 heavy (non-hydrogen) atoms. The van der Waals surface area contributed by atoms with Gasteiger partial charge in [-0.1, -0.05) is 56.3 Å². The molecule has 0 saturated carbocycles. The lowest BCUT2D eigenvalue weighted by Crippen LogP contribution is -2.41. The Bertz CT molecular complexity index is 769. The van der Waals surface area contributed by atoms with Gasteiger partial charge in [0.05, 0.1) is 19.1 Å². The van der Waals surface area contributed by atoms with Crippen LogP contribution >= 0.6 is 0 Å². The first-order chi connectivity index (χ1) is 13.0. The Hall–Kier alpha value is -2.33. The molecule has 4 nitrogen and oxygen atoms in total. The zero-order valence-corrected chi connectivity index (χ0v) is 16.4. The molecule has 0 amide bonds. The van der Waals surface area contributed by atoms with E-state index in [0.717, 1.165) is 30.7 Å². The summed E-state index contributed by atoms with van der Waals surface area (Å²) in [6.45, 7) is 5.83. The van der Waals surface area contributed by atoms with Crippen LogP contribution in [0.5, 0.6) is 5.75 Å². The van der Waals surface area contributed by atoms with Crippen molar-refractivity contribution in [3.8, 4) is 5.75 Å². The molecule has 0 aromatic heterocycles. The van der Waals surface area contributed by atoms with Crippen LogP contribution in [0.3, 0.4) is 0 Å². The van der Waals surface area contributed by atoms with E-state index < -0.39 is 5.97 Å². The monoisotopic (exact) mass is 367 g/mol. The Kier molecular flexibility index (Phi) is 6.17. The number of benzene rings is 2. The SMILES string of the molecule is COc1ccccc1C(c1ccc(C(C)C)cc1)N1CCCC(C(=O)O)C1. The molecule has 0 radical (unpaired) electrons. The molecule has 1 fully saturated rings. The predicted octanol–water partition coefficient (Wildman–Crippen LogP) is 4.70. The highest BCUT2D eigenvalue weighted by Gasteiger charge is 2.32. The third-order valence-corrected chi connectivity index (χ3v) is 5.52. The van der Waals surface area contributed by atoms with Crippen molar-refractivity contribution in [2.45, 2.75) is 38.6 Å². The van der Waals surface area contributed by atoms with E-state index in [2.05, 4.69) is 49.1 Å². The minimum absolute atomic E-state index is 0.00971. The number of rotatable bonds is 6. The molecule has 2 aromatic rings. The van der Waals surface area contributed by atoms with Crippen LogP contribution in [0.4, 0.5) is 0 Å². The molecule has 0 spiro atoms. The molecule has 0 bridgehead atoms. The summed E-state index contributed by atoms with van der Waals surface area (Å²) in [5.74, 6) is 0.308. The van der Waals surface area contributed by atoms with Gasteiger partial charge in [-0.05, 0) is 42.5 Å². The van der Waals surface area contributed by atoms with Gasteiger partial charge in [0.15, 0.2) is 0 Å². The molecule has 4 heteroatoms. The van der Waals surface area contributed by atoms with Crippen molar-refractivity contribution in [1.82, 2.24) is 4.90 Å². The molecule has 1 saturated heterocycles. The first kappa shape index (κ1) is 19.4. The average molecular weight is 367 g/mol. The van der Waals surface area contributed by atoms with Crippen molar-refractivity contribution in [1.29, 1.82) is 0 Å². The van der Waals surface area contributed by atoms with E-state index >= 15 is 0 Å². The molecule has 1 aliphatic heterocycles. The fraction of sp³-hybridized carbons (Fsp3) is 0.435. The number of piperidine rings is 1. The standard InChI is InChI=1S/C23H29NO3/c1-16(2)17-10-12-18(13-11-17)22(20-8-4-5-9-21(20)27-3)24-14-6-7-19(15-24)23(25)26/h4-5,8-13,16,19,22H,6-7,14-15H2,1-3H3,(H,25,26). The van der Waals surface area contributed by atoms with Crippen LogP contribution in [-0.4, -0.2) is 36.2 Å². The number of likely N-dealkylation sites (tertiary alicyclic amines) is 1. The number of nitrogens with zero attached hydrogens (tertiary/aromatic N) is 1. The smallest absolute Gasteiger partial charge is 0.307 e. The Morgan fingerprint density at radius 3 is 2.41 bits per heavy atom. The van der Waals surface area contributed by atoms with Crippen molar-refractivity contribution in [2.75, 3.05) is 20.2 Å². The number of ether oxygens (including phenoxy) is 1. The predicted molar refractivity (Wildman–Crippen MR) is 107 cm³/mol. The van der Waals surface area contributed by atoms with E-state index in [0.29, 0.717) is 12.5 Å². The molecule has 1 N–H and O–H groups in total. The summed E-state index contributed by atoms with van der Waals surface area (Å²) in [5, 5.41) is 9.53. The van der Waals surface area contributed by atoms with Crippen LogP contribution in [0.2, 0.25) is 0 Å². The molecule has 144 valence electrons. The van der Waals surface area contributed by atoms with Gasteiger partial charge in [-0.3, -0.25) is 9.69 Å². The van der Waals surface area contributed by atoms with Gasteiger partial charge in [0.1, 0.15) is 5.75 Å². The summed E-state index contributed by atoms with van der Waals surface area (Å²) in [5.41, 5.74) is 3.57. The molecular weight excluding hydrogens is 338 g/mol. The van der Waals surface area contributed by atoms with Crippen molar-refractivity contribution in [3.63, 3.8) is 0 Å². The Morgan fingerprint density at radius 2 is 1.78 bits per heavy atom. The van der Waals surface area contributed by atoms with Gasteiger partial charge in [0, 0.05) is 12.1 Å². The molecule has 0 aliphatic carbocycles. The van der Waals surface area contributed by atoms with E-state index in [1.54, 1.807) is 7.11 Å². The second-order valence-electron chi connectivity index (χ2n) is 7.64. The third kappa shape index (κ3) is 4.33.